The predicted octanol–water partition coefficient (Wildman–Crippen LogP) is 3.09. The first-order valence-corrected chi connectivity index (χ1v) is 10.6. The van der Waals surface area contributed by atoms with Gasteiger partial charge in [0.1, 0.15) is 11.6 Å². The molecule has 4 rings (SSSR count). The van der Waals surface area contributed by atoms with Crippen LogP contribution < -0.4 is 15.0 Å². The van der Waals surface area contributed by atoms with Crippen LogP contribution in [0.5, 0.6) is 11.6 Å². The van der Waals surface area contributed by atoms with E-state index in [4.69, 9.17) is 9.73 Å². The van der Waals surface area contributed by atoms with Gasteiger partial charge < -0.3 is 19.9 Å². The van der Waals surface area contributed by atoms with Crippen LogP contribution in [0, 0.1) is 5.82 Å². The molecule has 1 aliphatic rings. The molecule has 0 unspecified atom stereocenters. The van der Waals surface area contributed by atoms with Crippen LogP contribution in [0.1, 0.15) is 12.5 Å². The number of pyridine rings is 1. The second kappa shape index (κ2) is 10.5. The fourth-order valence-electron chi connectivity index (χ4n) is 3.35. The second-order valence-electron chi connectivity index (χ2n) is 7.25. The third-order valence-corrected chi connectivity index (χ3v) is 4.99. The maximum absolute atomic E-state index is 13.0. The molecule has 32 heavy (non-hydrogen) atoms. The standard InChI is InChI=1S/C23H26FN7O/c1-2-25-22(30-12-14-31(15-13-30)23-26-10-3-11-27-23)29-17-18-4-9-21(28-16-18)32-20-7-5-19(24)6-8-20/h3-11,16H,2,12-15,17H2,1H3,(H,25,29). The first kappa shape index (κ1) is 21.5. The van der Waals surface area contributed by atoms with E-state index in [9.17, 15) is 4.39 Å². The number of guanidine groups is 1. The van der Waals surface area contributed by atoms with Crippen molar-refractivity contribution < 1.29 is 9.13 Å². The molecule has 1 aromatic carbocycles. The Morgan fingerprint density at radius 1 is 1.03 bits per heavy atom. The van der Waals surface area contributed by atoms with E-state index in [0.29, 0.717) is 18.2 Å². The van der Waals surface area contributed by atoms with Gasteiger partial charge in [0.05, 0.1) is 6.54 Å². The summed E-state index contributed by atoms with van der Waals surface area (Å²) in [6.07, 6.45) is 5.28. The first-order valence-electron chi connectivity index (χ1n) is 10.6. The predicted molar refractivity (Wildman–Crippen MR) is 121 cm³/mol. The van der Waals surface area contributed by atoms with Crippen LogP contribution in [-0.2, 0) is 6.54 Å². The van der Waals surface area contributed by atoms with Crippen molar-refractivity contribution in [2.45, 2.75) is 13.5 Å². The van der Waals surface area contributed by atoms with E-state index in [1.807, 2.05) is 12.1 Å². The fourth-order valence-corrected chi connectivity index (χ4v) is 3.35. The number of hydrogen-bond donors (Lipinski definition) is 1. The van der Waals surface area contributed by atoms with Crippen LogP contribution in [0.4, 0.5) is 10.3 Å². The van der Waals surface area contributed by atoms with Gasteiger partial charge in [-0.3, -0.25) is 0 Å². The number of aliphatic imine (C=N–C) groups is 1. The highest BCUT2D eigenvalue weighted by atomic mass is 19.1. The van der Waals surface area contributed by atoms with Crippen LogP contribution in [0.2, 0.25) is 0 Å². The Labute approximate surface area is 186 Å². The van der Waals surface area contributed by atoms with Crippen molar-refractivity contribution in [3.63, 3.8) is 0 Å². The summed E-state index contributed by atoms with van der Waals surface area (Å²) in [5, 5.41) is 3.38. The van der Waals surface area contributed by atoms with Gasteiger partial charge >= 0.3 is 0 Å². The van der Waals surface area contributed by atoms with Gasteiger partial charge in [0.2, 0.25) is 11.8 Å². The van der Waals surface area contributed by atoms with Crippen molar-refractivity contribution in [3.8, 4) is 11.6 Å². The molecule has 3 aromatic rings. The largest absolute Gasteiger partial charge is 0.439 e. The molecule has 1 fully saturated rings. The van der Waals surface area contributed by atoms with Gasteiger partial charge in [-0.1, -0.05) is 6.07 Å². The summed E-state index contributed by atoms with van der Waals surface area (Å²) in [5.41, 5.74) is 0.975. The quantitative estimate of drug-likeness (QED) is 0.471. The summed E-state index contributed by atoms with van der Waals surface area (Å²) in [6.45, 7) is 6.72. The SMILES string of the molecule is CCNC(=NCc1ccc(Oc2ccc(F)cc2)nc1)N1CCN(c2ncccn2)CC1. The number of nitrogens with one attached hydrogen (secondary N) is 1. The maximum Gasteiger partial charge on any atom is 0.225 e. The Morgan fingerprint density at radius 2 is 1.78 bits per heavy atom. The van der Waals surface area contributed by atoms with Gasteiger partial charge in [-0.05, 0) is 42.8 Å². The third kappa shape index (κ3) is 5.69. The second-order valence-corrected chi connectivity index (χ2v) is 7.25. The highest BCUT2D eigenvalue weighted by molar-refractivity contribution is 5.80. The number of hydrogen-bond acceptors (Lipinski definition) is 6. The Morgan fingerprint density at radius 3 is 2.44 bits per heavy atom. The molecule has 0 saturated carbocycles. The first-order chi connectivity index (χ1) is 15.7. The highest BCUT2D eigenvalue weighted by Gasteiger charge is 2.21. The summed E-state index contributed by atoms with van der Waals surface area (Å²) >= 11 is 0. The minimum atomic E-state index is -0.301. The van der Waals surface area contributed by atoms with Gasteiger partial charge in [-0.25, -0.2) is 24.3 Å². The molecular weight excluding hydrogens is 409 g/mol. The molecule has 9 heteroatoms. The van der Waals surface area contributed by atoms with Gasteiger partial charge in [-0.2, -0.15) is 0 Å². The number of halogens is 1. The molecule has 8 nitrogen and oxygen atoms in total. The van der Waals surface area contributed by atoms with Crippen LogP contribution in [0.3, 0.4) is 0 Å². The number of anilines is 1. The van der Waals surface area contributed by atoms with E-state index in [1.165, 1.54) is 12.1 Å². The molecule has 1 saturated heterocycles. The van der Waals surface area contributed by atoms with E-state index in [0.717, 1.165) is 50.2 Å². The Balaban J connectivity index is 1.34. The molecule has 0 spiro atoms. The molecule has 0 atom stereocenters. The topological polar surface area (TPSA) is 78.8 Å². The third-order valence-electron chi connectivity index (χ3n) is 4.99. The molecule has 1 aliphatic heterocycles. The van der Waals surface area contributed by atoms with Crippen LogP contribution in [-0.4, -0.2) is 58.5 Å². The zero-order valence-corrected chi connectivity index (χ0v) is 18.0. The normalized spacial score (nSPS) is 14.4. The fraction of sp³-hybridized carbons (Fsp3) is 0.304. The summed E-state index contributed by atoms with van der Waals surface area (Å²) in [7, 11) is 0. The van der Waals surface area contributed by atoms with Crippen molar-refractivity contribution in [1.29, 1.82) is 0 Å². The molecular formula is C23H26FN7O. The van der Waals surface area contributed by atoms with Crippen molar-refractivity contribution in [2.75, 3.05) is 37.6 Å². The van der Waals surface area contributed by atoms with Crippen molar-refractivity contribution in [3.05, 3.63) is 72.4 Å². The summed E-state index contributed by atoms with van der Waals surface area (Å²) in [4.78, 5) is 22.2. The lowest BCUT2D eigenvalue weighted by Crippen LogP contribution is -2.52. The molecule has 0 bridgehead atoms. The van der Waals surface area contributed by atoms with Gasteiger partial charge in [0.15, 0.2) is 5.96 Å². The average molecular weight is 436 g/mol. The van der Waals surface area contributed by atoms with Crippen molar-refractivity contribution >= 4 is 11.9 Å². The zero-order chi connectivity index (χ0) is 22.2. The summed E-state index contributed by atoms with van der Waals surface area (Å²) in [5.74, 6) is 2.34. The van der Waals surface area contributed by atoms with Gasteiger partial charge in [-0.15, -0.1) is 0 Å². The lowest BCUT2D eigenvalue weighted by atomic mass is 10.3. The smallest absolute Gasteiger partial charge is 0.225 e. The maximum atomic E-state index is 13.0. The molecule has 166 valence electrons. The molecule has 1 N–H and O–H groups in total. The number of piperazine rings is 1. The molecule has 2 aromatic heterocycles. The van der Waals surface area contributed by atoms with Crippen molar-refractivity contribution in [1.82, 2.24) is 25.2 Å². The lowest BCUT2D eigenvalue weighted by Gasteiger charge is -2.36. The van der Waals surface area contributed by atoms with E-state index < -0.39 is 0 Å². The van der Waals surface area contributed by atoms with Crippen molar-refractivity contribution in [2.24, 2.45) is 4.99 Å². The molecule has 0 radical (unpaired) electrons. The van der Waals surface area contributed by atoms with E-state index >= 15 is 0 Å². The van der Waals surface area contributed by atoms with Gasteiger partial charge in [0, 0.05) is 57.4 Å². The van der Waals surface area contributed by atoms with Crippen LogP contribution in [0.15, 0.2) is 66.0 Å². The van der Waals surface area contributed by atoms with E-state index in [1.54, 1.807) is 36.8 Å². The van der Waals surface area contributed by atoms with E-state index in [-0.39, 0.29) is 5.82 Å². The zero-order valence-electron chi connectivity index (χ0n) is 18.0. The van der Waals surface area contributed by atoms with E-state index in [2.05, 4.69) is 37.0 Å². The highest BCUT2D eigenvalue weighted by Crippen LogP contribution is 2.19. The molecule has 0 amide bonds. The number of nitrogens with zero attached hydrogens (tertiary/aromatic N) is 6. The average Bonchev–Trinajstić information content (AvgIpc) is 2.85. The van der Waals surface area contributed by atoms with Crippen LogP contribution >= 0.6 is 0 Å². The Kier molecular flexibility index (Phi) is 7.06. The van der Waals surface area contributed by atoms with Gasteiger partial charge in [0.25, 0.3) is 0 Å². The molecule has 3 heterocycles. The monoisotopic (exact) mass is 435 g/mol. The Bertz CT molecular complexity index is 1000. The Hall–Kier alpha value is -3.75. The lowest BCUT2D eigenvalue weighted by molar-refractivity contribution is 0.370. The number of ether oxygens (including phenoxy) is 1. The van der Waals surface area contributed by atoms with Crippen LogP contribution in [0.25, 0.3) is 0 Å². The molecule has 0 aliphatic carbocycles. The minimum Gasteiger partial charge on any atom is -0.439 e. The summed E-state index contributed by atoms with van der Waals surface area (Å²) < 4.78 is 18.7. The summed E-state index contributed by atoms with van der Waals surface area (Å²) in [6, 6.07) is 11.4. The number of benzene rings is 1. The number of aromatic nitrogens is 3. The number of rotatable bonds is 6. The minimum absolute atomic E-state index is 0.301.